The molecule has 1 atom stereocenters. The molecule has 0 radical (unpaired) electrons. The van der Waals surface area contributed by atoms with Crippen LogP contribution in [0.2, 0.25) is 0 Å². The van der Waals surface area contributed by atoms with Crippen LogP contribution in [-0.2, 0) is 25.6 Å². The fraction of sp³-hybridized carbons (Fsp3) is 0.167. The van der Waals surface area contributed by atoms with Gasteiger partial charge in [-0.3, -0.25) is 4.79 Å². The molecule has 2 heterocycles. The summed E-state index contributed by atoms with van der Waals surface area (Å²) < 4.78 is 12.8. The summed E-state index contributed by atoms with van der Waals surface area (Å²) in [5.41, 5.74) is 5.37. The number of ether oxygens (including phenoxy) is 2. The lowest BCUT2D eigenvalue weighted by Gasteiger charge is -2.30. The first-order chi connectivity index (χ1) is 21.4. The average molecular weight is 588 g/mol. The molecule has 1 aliphatic rings. The van der Waals surface area contributed by atoms with Gasteiger partial charge in [-0.2, -0.15) is 0 Å². The average Bonchev–Trinajstić information content (AvgIpc) is 3.56. The number of methoxy groups -OCH3 is 1. The van der Waals surface area contributed by atoms with E-state index in [0.29, 0.717) is 28.1 Å². The van der Waals surface area contributed by atoms with Crippen molar-refractivity contribution in [2.75, 3.05) is 13.7 Å². The second-order valence-electron chi connectivity index (χ2n) is 10.4. The van der Waals surface area contributed by atoms with Crippen LogP contribution in [0.1, 0.15) is 52.4 Å². The molecular formula is C36H33N3O5. The van der Waals surface area contributed by atoms with Crippen LogP contribution in [-0.4, -0.2) is 41.0 Å². The summed E-state index contributed by atoms with van der Waals surface area (Å²) in [6.07, 6.45) is 9.09. The van der Waals surface area contributed by atoms with Crippen LogP contribution < -0.4 is 5.32 Å². The third-order valence-corrected chi connectivity index (χ3v) is 7.43. The quantitative estimate of drug-likeness (QED) is 0.184. The van der Waals surface area contributed by atoms with Crippen molar-refractivity contribution in [3.63, 3.8) is 0 Å². The summed E-state index contributed by atoms with van der Waals surface area (Å²) in [5.74, 6) is -2.11. The van der Waals surface area contributed by atoms with Gasteiger partial charge in [-0.05, 0) is 42.7 Å². The molecule has 3 aromatic carbocycles. The Balaban J connectivity index is 1.36. The zero-order valence-electron chi connectivity index (χ0n) is 24.8. The first kappa shape index (κ1) is 30.0. The zero-order valence-corrected chi connectivity index (χ0v) is 24.8. The Morgan fingerprint density at radius 2 is 1.59 bits per heavy atom. The first-order valence-corrected chi connectivity index (χ1v) is 14.2. The van der Waals surface area contributed by atoms with Crippen molar-refractivity contribution in [2.45, 2.75) is 26.3 Å². The van der Waals surface area contributed by atoms with Crippen molar-refractivity contribution in [1.82, 2.24) is 14.9 Å². The molecule has 1 aliphatic heterocycles. The molecule has 8 heteroatoms. The van der Waals surface area contributed by atoms with Crippen molar-refractivity contribution in [1.29, 1.82) is 0 Å². The van der Waals surface area contributed by atoms with Crippen LogP contribution in [0, 0.1) is 0 Å². The maximum atomic E-state index is 13.6. The van der Waals surface area contributed by atoms with E-state index in [0.717, 1.165) is 17.7 Å². The van der Waals surface area contributed by atoms with Crippen LogP contribution in [0.5, 0.6) is 0 Å². The van der Waals surface area contributed by atoms with E-state index in [2.05, 4.69) is 10.3 Å². The normalized spacial score (nSPS) is 14.8. The lowest BCUT2D eigenvalue weighted by Crippen LogP contribution is -2.32. The molecule has 0 saturated carbocycles. The van der Waals surface area contributed by atoms with Crippen LogP contribution in [0.15, 0.2) is 126 Å². The highest BCUT2D eigenvalue weighted by atomic mass is 16.5. The van der Waals surface area contributed by atoms with Crippen molar-refractivity contribution < 1.29 is 23.9 Å². The van der Waals surface area contributed by atoms with Crippen LogP contribution in [0.25, 0.3) is 6.08 Å². The number of allylic oxidation sites excluding steroid dienone is 2. The van der Waals surface area contributed by atoms with Crippen molar-refractivity contribution in [2.24, 2.45) is 0 Å². The van der Waals surface area contributed by atoms with E-state index in [4.69, 9.17) is 9.47 Å². The topological polar surface area (TPSA) is 99.5 Å². The van der Waals surface area contributed by atoms with Crippen LogP contribution in [0.4, 0.5) is 0 Å². The smallest absolute Gasteiger partial charge is 0.337 e. The highest BCUT2D eigenvalue weighted by Gasteiger charge is 2.38. The molecule has 222 valence electrons. The number of rotatable bonds is 10. The number of carbonyl (C=O) groups excluding carboxylic acids is 3. The molecule has 0 fully saturated rings. The summed E-state index contributed by atoms with van der Waals surface area (Å²) in [4.78, 5) is 43.9. The molecule has 8 nitrogen and oxygen atoms in total. The van der Waals surface area contributed by atoms with Gasteiger partial charge >= 0.3 is 11.9 Å². The fourth-order valence-corrected chi connectivity index (χ4v) is 5.31. The number of benzene rings is 3. The lowest BCUT2D eigenvalue weighted by atomic mass is 9.79. The molecule has 4 aromatic rings. The summed E-state index contributed by atoms with van der Waals surface area (Å²) in [6.45, 7) is 4.28. The lowest BCUT2D eigenvalue weighted by molar-refractivity contribution is -0.138. The second kappa shape index (κ2) is 13.6. The number of dihydropyridines is 1. The predicted octanol–water partition coefficient (Wildman–Crippen LogP) is 5.83. The third kappa shape index (κ3) is 6.76. The molecule has 0 saturated heterocycles. The summed E-state index contributed by atoms with van der Waals surface area (Å²) in [6, 6.07) is 24.0. The minimum atomic E-state index is -0.799. The van der Waals surface area contributed by atoms with Gasteiger partial charge in [0.15, 0.2) is 5.78 Å². The summed E-state index contributed by atoms with van der Waals surface area (Å²) in [5, 5.41) is 3.14. The van der Waals surface area contributed by atoms with Gasteiger partial charge in [-0.25, -0.2) is 14.6 Å². The summed E-state index contributed by atoms with van der Waals surface area (Å²) >= 11 is 0. The van der Waals surface area contributed by atoms with Gasteiger partial charge in [0, 0.05) is 41.5 Å². The minimum absolute atomic E-state index is 0.0297. The molecule has 5 rings (SSSR count). The van der Waals surface area contributed by atoms with Gasteiger partial charge in [-0.1, -0.05) is 78.9 Å². The minimum Gasteiger partial charge on any atom is -0.466 e. The van der Waals surface area contributed by atoms with Gasteiger partial charge in [0.05, 0.1) is 30.5 Å². The summed E-state index contributed by atoms with van der Waals surface area (Å²) in [7, 11) is 1.30. The fourth-order valence-electron chi connectivity index (χ4n) is 5.31. The molecule has 0 spiro atoms. The van der Waals surface area contributed by atoms with Gasteiger partial charge in [0.2, 0.25) is 0 Å². The maximum absolute atomic E-state index is 13.6. The van der Waals surface area contributed by atoms with E-state index >= 15 is 0 Å². The van der Waals surface area contributed by atoms with Crippen molar-refractivity contribution in [3.05, 3.63) is 154 Å². The Hall–Kier alpha value is -5.50. The number of hydrogen-bond acceptors (Lipinski definition) is 7. The van der Waals surface area contributed by atoms with Gasteiger partial charge in [-0.15, -0.1) is 0 Å². The number of carbonyl (C=O) groups is 3. The predicted molar refractivity (Wildman–Crippen MR) is 167 cm³/mol. The molecule has 1 N–H and O–H groups in total. The molecule has 0 amide bonds. The first-order valence-electron chi connectivity index (χ1n) is 14.2. The second-order valence-corrected chi connectivity index (χ2v) is 10.4. The number of imidazole rings is 1. The van der Waals surface area contributed by atoms with E-state index in [9.17, 15) is 14.4 Å². The highest BCUT2D eigenvalue weighted by Crippen LogP contribution is 2.39. The Morgan fingerprint density at radius 1 is 0.886 bits per heavy atom. The van der Waals surface area contributed by atoms with E-state index in [-0.39, 0.29) is 23.5 Å². The van der Waals surface area contributed by atoms with Gasteiger partial charge in [0.25, 0.3) is 0 Å². The van der Waals surface area contributed by atoms with Crippen LogP contribution in [0.3, 0.4) is 0 Å². The number of esters is 2. The van der Waals surface area contributed by atoms with Crippen LogP contribution >= 0.6 is 0 Å². The Labute approximate surface area is 256 Å². The molecule has 1 aromatic heterocycles. The third-order valence-electron chi connectivity index (χ3n) is 7.43. The van der Waals surface area contributed by atoms with Crippen molar-refractivity contribution >= 4 is 23.8 Å². The SMILES string of the molecule is COC(=O)C1=C(C)NC(C)=C(C(=O)OCC=Cc2ccc(Cn3ccnc3)cc2)C1c1cccc(C(=O)c2ccccc2)c1. The number of aromatic nitrogens is 2. The highest BCUT2D eigenvalue weighted by molar-refractivity contribution is 6.09. The van der Waals surface area contributed by atoms with Gasteiger partial charge in [0.1, 0.15) is 6.61 Å². The van der Waals surface area contributed by atoms with E-state index < -0.39 is 17.9 Å². The molecule has 44 heavy (non-hydrogen) atoms. The zero-order chi connectivity index (χ0) is 31.1. The number of hydrogen-bond donors (Lipinski definition) is 1. The Morgan fingerprint density at radius 3 is 2.27 bits per heavy atom. The van der Waals surface area contributed by atoms with E-state index in [1.54, 1.807) is 81.0 Å². The standard InChI is InChI=1S/C36H33N3O5/c1-24-31(35(41)43-3)33(29-12-7-13-30(21-29)34(40)28-10-5-4-6-11-28)32(25(2)38-24)36(42)44-20-8-9-26-14-16-27(17-15-26)22-39-19-18-37-23-39/h4-19,21,23,33,38H,20,22H2,1-3H3. The van der Waals surface area contributed by atoms with Crippen molar-refractivity contribution in [3.8, 4) is 0 Å². The number of nitrogens with one attached hydrogen (secondary N) is 1. The maximum Gasteiger partial charge on any atom is 0.337 e. The number of nitrogens with zero attached hydrogens (tertiary/aromatic N) is 2. The number of ketones is 1. The van der Waals surface area contributed by atoms with E-state index in [1.165, 1.54) is 7.11 Å². The van der Waals surface area contributed by atoms with E-state index in [1.807, 2.05) is 47.2 Å². The molecule has 0 aliphatic carbocycles. The Bertz CT molecular complexity index is 1750. The largest absolute Gasteiger partial charge is 0.466 e. The molecule has 1 unspecified atom stereocenters. The Kier molecular flexibility index (Phi) is 9.30. The molecular weight excluding hydrogens is 554 g/mol. The van der Waals surface area contributed by atoms with Gasteiger partial charge < -0.3 is 19.4 Å². The monoisotopic (exact) mass is 587 g/mol. The molecule has 0 bridgehead atoms.